The molecule has 224 valence electrons. The van der Waals surface area contributed by atoms with Crippen LogP contribution in [0, 0.1) is 0 Å². The summed E-state index contributed by atoms with van der Waals surface area (Å²) in [5.74, 6) is 1.02. The average Bonchev–Trinajstić information content (AvgIpc) is 3.21. The number of piperidine rings is 1. The van der Waals surface area contributed by atoms with E-state index >= 15 is 0 Å². The predicted molar refractivity (Wildman–Crippen MR) is 172 cm³/mol. The summed E-state index contributed by atoms with van der Waals surface area (Å²) in [5.41, 5.74) is 5.15. The molecule has 2 saturated heterocycles. The van der Waals surface area contributed by atoms with Crippen molar-refractivity contribution in [2.24, 2.45) is 7.05 Å². The number of rotatable bonds is 8. The number of amides is 1. The number of carbonyl (C=O) groups excluding carboxylic acids is 1. The van der Waals surface area contributed by atoms with E-state index in [1.807, 2.05) is 48.3 Å². The minimum Gasteiger partial charge on any atom is -0.494 e. The smallest absolute Gasteiger partial charge is 0.247 e. The Balaban J connectivity index is 1.25. The Morgan fingerprint density at radius 3 is 2.53 bits per heavy atom. The highest BCUT2D eigenvalue weighted by Gasteiger charge is 2.27. The lowest BCUT2D eigenvalue weighted by Gasteiger charge is -2.39. The monoisotopic (exact) mass is 580 g/mol. The third kappa shape index (κ3) is 6.34. The lowest BCUT2D eigenvalue weighted by Crippen LogP contribution is -2.45. The van der Waals surface area contributed by atoms with Gasteiger partial charge in [0.15, 0.2) is 0 Å². The van der Waals surface area contributed by atoms with E-state index in [0.717, 1.165) is 53.8 Å². The first-order valence-electron chi connectivity index (χ1n) is 15.2. The van der Waals surface area contributed by atoms with E-state index < -0.39 is 0 Å². The number of hydrogen-bond acceptors (Lipinski definition) is 8. The van der Waals surface area contributed by atoms with Crippen molar-refractivity contribution in [3.05, 3.63) is 61.6 Å². The van der Waals surface area contributed by atoms with E-state index in [1.54, 1.807) is 13.4 Å². The normalized spacial score (nSPS) is 16.6. The van der Waals surface area contributed by atoms with Crippen LogP contribution >= 0.6 is 0 Å². The predicted octanol–water partition coefficient (Wildman–Crippen LogP) is 5.75. The van der Waals surface area contributed by atoms with Gasteiger partial charge in [-0.15, -0.1) is 0 Å². The molecule has 6 rings (SSSR count). The van der Waals surface area contributed by atoms with Gasteiger partial charge in [-0.3, -0.25) is 9.48 Å². The van der Waals surface area contributed by atoms with E-state index in [-0.39, 0.29) is 5.91 Å². The summed E-state index contributed by atoms with van der Waals surface area (Å²) < 4.78 is 7.70. The second kappa shape index (κ2) is 12.8. The molecule has 10 nitrogen and oxygen atoms in total. The van der Waals surface area contributed by atoms with Crippen molar-refractivity contribution in [2.75, 3.05) is 48.8 Å². The van der Waals surface area contributed by atoms with Crippen molar-refractivity contribution < 1.29 is 9.53 Å². The second-order valence-corrected chi connectivity index (χ2v) is 11.4. The molecule has 2 fully saturated rings. The molecule has 4 heterocycles. The van der Waals surface area contributed by atoms with Crippen molar-refractivity contribution in [3.8, 4) is 17.0 Å². The van der Waals surface area contributed by atoms with Gasteiger partial charge >= 0.3 is 0 Å². The number of hydrogen-bond donors (Lipinski definition) is 2. The fourth-order valence-electron chi connectivity index (χ4n) is 6.36. The summed E-state index contributed by atoms with van der Waals surface area (Å²) in [7, 11) is 3.59. The van der Waals surface area contributed by atoms with Crippen molar-refractivity contribution >= 4 is 39.7 Å². The molecule has 10 heteroatoms. The maximum absolute atomic E-state index is 12.5. The Morgan fingerprint density at radius 2 is 1.79 bits per heavy atom. The molecule has 2 N–H and O–H groups in total. The number of methoxy groups -OCH3 is 1. The fraction of sp³-hybridized carbons (Fsp3) is 0.394. The lowest BCUT2D eigenvalue weighted by atomic mass is 10.0. The van der Waals surface area contributed by atoms with Crippen LogP contribution < -0.4 is 20.3 Å². The standard InChI is InChI=1S/C33H40N8O2/c1-4-33(42)38-27-18-28(37-32-19-26(34-22-35-32)23-9-10-29-24(17-23)21-36-39(29)2)31(43-3)20-30(27)41-15-11-25(12-16-41)40-13-7-5-6-8-14-40/h4,9-10,17-22,25H,1,5-8,11-16H2,2-3H3,(H,38,42)(H,34,35,37). The Kier molecular flexibility index (Phi) is 8.55. The summed E-state index contributed by atoms with van der Waals surface area (Å²) in [4.78, 5) is 26.5. The van der Waals surface area contributed by atoms with E-state index in [0.29, 0.717) is 29.0 Å². The van der Waals surface area contributed by atoms with Crippen LogP contribution in [0.2, 0.25) is 0 Å². The molecule has 4 aromatic rings. The van der Waals surface area contributed by atoms with Crippen LogP contribution in [0.4, 0.5) is 22.9 Å². The molecule has 2 aliphatic rings. The van der Waals surface area contributed by atoms with E-state index in [4.69, 9.17) is 4.74 Å². The largest absolute Gasteiger partial charge is 0.494 e. The number of anilines is 4. The van der Waals surface area contributed by atoms with Gasteiger partial charge in [0.25, 0.3) is 0 Å². The topological polar surface area (TPSA) is 100 Å². The molecular formula is C33H40N8O2. The van der Waals surface area contributed by atoms with Crippen molar-refractivity contribution in [3.63, 3.8) is 0 Å². The zero-order chi connectivity index (χ0) is 29.8. The second-order valence-electron chi connectivity index (χ2n) is 11.4. The third-order valence-electron chi connectivity index (χ3n) is 8.70. The maximum atomic E-state index is 12.5. The average molecular weight is 581 g/mol. The van der Waals surface area contributed by atoms with Crippen molar-refractivity contribution in [1.82, 2.24) is 24.6 Å². The number of fused-ring (bicyclic) bond motifs is 1. The Labute approximate surface area is 252 Å². The number of aromatic nitrogens is 4. The SMILES string of the molecule is C=CC(=O)Nc1cc(Nc2cc(-c3ccc4c(cnn4C)c3)ncn2)c(OC)cc1N1CCC(N2CCCCCC2)CC1. The number of nitrogens with one attached hydrogen (secondary N) is 2. The zero-order valence-corrected chi connectivity index (χ0v) is 25.1. The van der Waals surface area contributed by atoms with Gasteiger partial charge in [0.1, 0.15) is 17.9 Å². The quantitative estimate of drug-likeness (QED) is 0.254. The van der Waals surface area contributed by atoms with Crippen molar-refractivity contribution in [2.45, 2.75) is 44.6 Å². The molecule has 0 spiro atoms. The molecule has 0 saturated carbocycles. The summed E-state index contributed by atoms with van der Waals surface area (Å²) in [6.45, 7) is 7.92. The number of likely N-dealkylation sites (tertiary alicyclic amines) is 1. The van der Waals surface area contributed by atoms with Gasteiger partial charge in [0, 0.05) is 49.3 Å². The molecule has 0 unspecified atom stereocenters. The van der Waals surface area contributed by atoms with Gasteiger partial charge in [-0.25, -0.2) is 9.97 Å². The molecule has 2 aromatic carbocycles. The van der Waals surface area contributed by atoms with E-state index in [2.05, 4.69) is 48.1 Å². The molecule has 2 aromatic heterocycles. The Morgan fingerprint density at radius 1 is 1.00 bits per heavy atom. The van der Waals surface area contributed by atoms with Gasteiger partial charge in [-0.05, 0) is 63.0 Å². The number of carbonyl (C=O) groups is 1. The Hall–Kier alpha value is -4.44. The highest BCUT2D eigenvalue weighted by Crippen LogP contribution is 2.40. The third-order valence-corrected chi connectivity index (χ3v) is 8.70. The van der Waals surface area contributed by atoms with Crippen LogP contribution in [0.3, 0.4) is 0 Å². The van der Waals surface area contributed by atoms with E-state index in [9.17, 15) is 4.79 Å². The summed E-state index contributed by atoms with van der Waals surface area (Å²) >= 11 is 0. The highest BCUT2D eigenvalue weighted by atomic mass is 16.5. The first kappa shape index (κ1) is 28.7. The van der Waals surface area contributed by atoms with Crippen LogP contribution in [0.5, 0.6) is 5.75 Å². The Bertz CT molecular complexity index is 1600. The van der Waals surface area contributed by atoms with Crippen LogP contribution in [0.25, 0.3) is 22.2 Å². The minimum absolute atomic E-state index is 0.257. The van der Waals surface area contributed by atoms with E-state index in [1.165, 1.54) is 44.8 Å². The molecular weight excluding hydrogens is 540 g/mol. The van der Waals surface area contributed by atoms with Gasteiger partial charge in [0.2, 0.25) is 5.91 Å². The molecule has 43 heavy (non-hydrogen) atoms. The summed E-state index contributed by atoms with van der Waals surface area (Å²) in [5, 5.41) is 11.8. The summed E-state index contributed by atoms with van der Waals surface area (Å²) in [6.07, 6.45) is 12.2. The molecule has 0 atom stereocenters. The summed E-state index contributed by atoms with van der Waals surface area (Å²) in [6, 6.07) is 12.6. The van der Waals surface area contributed by atoms with Gasteiger partial charge in [0.05, 0.1) is 41.6 Å². The lowest BCUT2D eigenvalue weighted by molar-refractivity contribution is -0.111. The molecule has 0 radical (unpaired) electrons. The van der Waals surface area contributed by atoms with Crippen molar-refractivity contribution in [1.29, 1.82) is 0 Å². The first-order valence-corrected chi connectivity index (χ1v) is 15.2. The van der Waals surface area contributed by atoms with Gasteiger partial charge in [-0.1, -0.05) is 25.5 Å². The van der Waals surface area contributed by atoms with Crippen LogP contribution in [-0.4, -0.2) is 69.9 Å². The minimum atomic E-state index is -0.257. The van der Waals surface area contributed by atoms with Crippen LogP contribution in [0.1, 0.15) is 38.5 Å². The molecule has 2 aliphatic heterocycles. The van der Waals surface area contributed by atoms with Crippen LogP contribution in [0.15, 0.2) is 61.6 Å². The maximum Gasteiger partial charge on any atom is 0.247 e. The number of ether oxygens (including phenoxy) is 1. The van der Waals surface area contributed by atoms with Crippen LogP contribution in [-0.2, 0) is 11.8 Å². The van der Waals surface area contributed by atoms with Gasteiger partial charge < -0.3 is 25.2 Å². The van der Waals surface area contributed by atoms with Gasteiger partial charge in [-0.2, -0.15) is 5.10 Å². The molecule has 1 amide bonds. The first-order chi connectivity index (χ1) is 21.0. The number of aryl methyl sites for hydroxylation is 1. The highest BCUT2D eigenvalue weighted by molar-refractivity contribution is 6.02. The molecule has 0 bridgehead atoms. The number of nitrogens with zero attached hydrogens (tertiary/aromatic N) is 6. The number of benzene rings is 2. The zero-order valence-electron chi connectivity index (χ0n) is 25.1. The molecule has 0 aliphatic carbocycles. The fourth-order valence-corrected chi connectivity index (χ4v) is 6.36.